The van der Waals surface area contributed by atoms with Crippen molar-refractivity contribution in [3.63, 3.8) is 0 Å². The molecule has 8 rings (SSSR count). The molecule has 4 heterocycles. The Kier molecular flexibility index (Phi) is 12.1. The Labute approximate surface area is 322 Å². The Hall–Kier alpha value is -6.49. The summed E-state index contributed by atoms with van der Waals surface area (Å²) >= 11 is 0. The summed E-state index contributed by atoms with van der Waals surface area (Å²) in [6.45, 7) is 0. The number of carbonyl (C=O) groups is 2. The van der Waals surface area contributed by atoms with E-state index < -0.39 is 0 Å². The second-order valence-electron chi connectivity index (χ2n) is 11.6. The van der Waals surface area contributed by atoms with E-state index in [9.17, 15) is 9.59 Å². The molecular weight excluding hydrogens is 836 g/mol. The summed E-state index contributed by atoms with van der Waals surface area (Å²) in [5, 5.41) is 0. The van der Waals surface area contributed by atoms with Gasteiger partial charge < -0.3 is 4.79 Å². The van der Waals surface area contributed by atoms with Gasteiger partial charge in [-0.25, -0.2) is 0 Å². The number of ketones is 2. The van der Waals surface area contributed by atoms with E-state index in [0.29, 0.717) is 22.3 Å². The molecule has 0 aliphatic heterocycles. The molecule has 0 radical (unpaired) electrons. The minimum Gasteiger partial charge on any atom is -0.336 e. The van der Waals surface area contributed by atoms with Crippen LogP contribution in [0.5, 0.6) is 0 Å². The molecule has 0 N–H and O–H groups in total. The van der Waals surface area contributed by atoms with Gasteiger partial charge in [0.05, 0.1) is 11.4 Å². The van der Waals surface area contributed by atoms with Crippen LogP contribution in [0.3, 0.4) is 0 Å². The first kappa shape index (κ1) is 36.3. The zero-order valence-electron chi connectivity index (χ0n) is 28.2. The molecule has 4 aromatic heterocycles. The normalized spacial score (nSPS) is 10.3. The molecule has 6 nitrogen and oxygen atoms in total. The predicted molar refractivity (Wildman–Crippen MR) is 203 cm³/mol. The Bertz CT molecular complexity index is 2100. The third kappa shape index (κ3) is 9.06. The first-order chi connectivity index (χ1) is 25.6. The van der Waals surface area contributed by atoms with E-state index in [2.05, 4.69) is 32.1 Å². The van der Waals surface area contributed by atoms with Crippen LogP contribution in [0.1, 0.15) is 31.8 Å². The minimum atomic E-state index is -0.124. The van der Waals surface area contributed by atoms with Crippen molar-refractivity contribution in [1.29, 1.82) is 0 Å². The van der Waals surface area contributed by atoms with Crippen molar-refractivity contribution < 1.29 is 30.7 Å². The fourth-order valence-electron chi connectivity index (χ4n) is 5.56. The molecular formula is C46H30N4O2Pt. The van der Waals surface area contributed by atoms with E-state index in [4.69, 9.17) is 0 Å². The Balaban J connectivity index is 0.000000178. The molecule has 4 aromatic carbocycles. The van der Waals surface area contributed by atoms with Crippen LogP contribution >= 0.6 is 0 Å². The number of hydrogen-bond donors (Lipinski definition) is 0. The second kappa shape index (κ2) is 17.6. The summed E-state index contributed by atoms with van der Waals surface area (Å²) in [5.41, 5.74) is 8.97. The zero-order valence-corrected chi connectivity index (χ0v) is 30.5. The van der Waals surface area contributed by atoms with Gasteiger partial charge in [-0.3, -0.25) is 24.7 Å². The summed E-state index contributed by atoms with van der Waals surface area (Å²) in [4.78, 5) is 43.2. The maximum absolute atomic E-state index is 13.0. The first-order valence-corrected chi connectivity index (χ1v) is 16.6. The van der Waals surface area contributed by atoms with E-state index in [1.807, 2.05) is 146 Å². The van der Waals surface area contributed by atoms with Gasteiger partial charge in [-0.2, -0.15) is 0 Å². The maximum atomic E-state index is 13.0. The van der Waals surface area contributed by atoms with E-state index in [1.54, 1.807) is 36.9 Å². The summed E-state index contributed by atoms with van der Waals surface area (Å²) in [6.07, 6.45) is 6.95. The number of hydrogen-bond acceptors (Lipinski definition) is 6. The van der Waals surface area contributed by atoms with Gasteiger partial charge >= 0.3 is 21.1 Å². The van der Waals surface area contributed by atoms with Gasteiger partial charge in [0.25, 0.3) is 0 Å². The van der Waals surface area contributed by atoms with Crippen LogP contribution < -0.4 is 0 Å². The smallest absolute Gasteiger partial charge is 0.336 e. The molecule has 8 aromatic rings. The third-order valence-corrected chi connectivity index (χ3v) is 8.13. The summed E-state index contributed by atoms with van der Waals surface area (Å²) in [6, 6.07) is 55.3. The van der Waals surface area contributed by atoms with Crippen molar-refractivity contribution in [2.24, 2.45) is 0 Å². The molecule has 0 fully saturated rings. The van der Waals surface area contributed by atoms with Crippen molar-refractivity contribution in [2.75, 3.05) is 0 Å². The van der Waals surface area contributed by atoms with Gasteiger partial charge in [-0.1, -0.05) is 95.1 Å². The van der Waals surface area contributed by atoms with Crippen molar-refractivity contribution >= 4 is 11.6 Å². The van der Waals surface area contributed by atoms with Gasteiger partial charge in [0.2, 0.25) is 0 Å². The van der Waals surface area contributed by atoms with E-state index in [0.717, 1.165) is 45.0 Å². The van der Waals surface area contributed by atoms with Crippen LogP contribution in [0.2, 0.25) is 0 Å². The van der Waals surface area contributed by atoms with Crippen LogP contribution in [0.15, 0.2) is 183 Å². The minimum absolute atomic E-state index is 0. The van der Waals surface area contributed by atoms with Crippen LogP contribution in [0, 0.1) is 12.1 Å². The van der Waals surface area contributed by atoms with Crippen LogP contribution in [-0.2, 0) is 21.1 Å². The molecule has 0 aliphatic carbocycles. The van der Waals surface area contributed by atoms with Gasteiger partial charge in [0.1, 0.15) is 5.78 Å². The fourth-order valence-corrected chi connectivity index (χ4v) is 5.56. The van der Waals surface area contributed by atoms with Gasteiger partial charge in [-0.05, 0) is 48.5 Å². The Morgan fingerprint density at radius 3 is 1.13 bits per heavy atom. The van der Waals surface area contributed by atoms with Crippen molar-refractivity contribution in [3.05, 3.63) is 217 Å². The topological polar surface area (TPSA) is 85.7 Å². The average Bonchev–Trinajstić information content (AvgIpc) is 3.25. The van der Waals surface area contributed by atoms with Crippen molar-refractivity contribution in [1.82, 2.24) is 19.9 Å². The molecule has 256 valence electrons. The first-order valence-electron chi connectivity index (χ1n) is 16.6. The molecule has 0 spiro atoms. The largest absolute Gasteiger partial charge is 2.00 e. The molecule has 0 bridgehead atoms. The number of aromatic nitrogens is 4. The number of rotatable bonds is 8. The molecule has 0 saturated carbocycles. The molecule has 0 unspecified atom stereocenters. The number of benzene rings is 4. The van der Waals surface area contributed by atoms with E-state index >= 15 is 0 Å². The number of carbonyl (C=O) groups excluding carboxylic acids is 2. The van der Waals surface area contributed by atoms with Crippen molar-refractivity contribution in [2.45, 2.75) is 0 Å². The molecule has 53 heavy (non-hydrogen) atoms. The van der Waals surface area contributed by atoms with E-state index in [-0.39, 0.29) is 32.6 Å². The maximum Gasteiger partial charge on any atom is 2.00 e. The second-order valence-corrected chi connectivity index (χ2v) is 11.6. The standard InChI is InChI=1S/C23H16N2O.C23H14N2O.Pt/c2*26-23(19-9-5-7-17(15-19)21-11-1-3-13-24-21)20-10-6-8-18(16-20)22-12-2-4-14-25-22;/h1-16H;1-14H;/q;-2;+2. The fraction of sp³-hybridized carbons (Fsp3) is 0. The zero-order chi connectivity index (χ0) is 35.5. The van der Waals surface area contributed by atoms with E-state index in [1.165, 1.54) is 0 Å². The SMILES string of the molecule is O=C(c1[c-]c(-c2ccccn2)ccc1)c1[c-]c(-c2ccccn2)ccc1.O=C(c1cccc(-c2ccccn2)c1)c1cccc(-c2ccccn2)c1.[Pt+2]. The van der Waals surface area contributed by atoms with Gasteiger partial charge in [-0.15, -0.1) is 48.5 Å². The van der Waals surface area contributed by atoms with Gasteiger partial charge in [0, 0.05) is 58.4 Å². The Morgan fingerprint density at radius 1 is 0.377 bits per heavy atom. The molecule has 0 saturated heterocycles. The summed E-state index contributed by atoms with van der Waals surface area (Å²) < 4.78 is 0. The monoisotopic (exact) mass is 865 g/mol. The van der Waals surface area contributed by atoms with Crippen molar-refractivity contribution in [3.8, 4) is 45.0 Å². The molecule has 0 amide bonds. The predicted octanol–water partition coefficient (Wildman–Crippen LogP) is 9.68. The van der Waals surface area contributed by atoms with Crippen LogP contribution in [0.25, 0.3) is 45.0 Å². The summed E-state index contributed by atoms with van der Waals surface area (Å²) in [5.74, 6) is -0.138. The quantitative estimate of drug-likeness (QED) is 0.112. The average molecular weight is 866 g/mol. The Morgan fingerprint density at radius 2 is 0.755 bits per heavy atom. The third-order valence-electron chi connectivity index (χ3n) is 8.13. The van der Waals surface area contributed by atoms with Crippen LogP contribution in [-0.4, -0.2) is 31.5 Å². The molecule has 7 heteroatoms. The molecule has 0 aliphatic rings. The molecule has 0 atom stereocenters. The van der Waals surface area contributed by atoms with Gasteiger partial charge in [0.15, 0.2) is 5.78 Å². The number of pyridine rings is 4. The number of nitrogens with zero attached hydrogens (tertiary/aromatic N) is 4. The summed E-state index contributed by atoms with van der Waals surface area (Å²) in [7, 11) is 0. The van der Waals surface area contributed by atoms with Crippen LogP contribution in [0.4, 0.5) is 0 Å².